The van der Waals surface area contributed by atoms with Gasteiger partial charge in [-0.05, 0) is 36.5 Å². The number of rotatable bonds is 10. The Kier molecular flexibility index (Phi) is 6.89. The number of hydrogen-bond donors (Lipinski definition) is 2. The van der Waals surface area contributed by atoms with Gasteiger partial charge in [-0.25, -0.2) is 4.39 Å². The van der Waals surface area contributed by atoms with Crippen molar-refractivity contribution in [3.8, 4) is 0 Å². The number of nitrogens with two attached hydrogens (primary N) is 1. The molecule has 1 aromatic heterocycles. The molecule has 9 heteroatoms. The molecule has 3 rings (SSSR count). The third kappa shape index (κ3) is 6.03. The lowest BCUT2D eigenvalue weighted by Crippen LogP contribution is -2.30. The number of benzene rings is 1. The largest absolute Gasteiger partial charge is 0.370 e. The number of carbonyl (C=O) groups excluding carboxylic acids is 2. The van der Waals surface area contributed by atoms with Crippen LogP contribution in [0.3, 0.4) is 0 Å². The highest BCUT2D eigenvalue weighted by molar-refractivity contribution is 8.00. The summed E-state index contributed by atoms with van der Waals surface area (Å²) in [4.78, 5) is 24.1. The first-order chi connectivity index (χ1) is 13.8. The second-order valence-corrected chi connectivity index (χ2v) is 8.77. The molecule has 0 spiro atoms. The predicted octanol–water partition coefficient (Wildman–Crippen LogP) is 2.60. The van der Waals surface area contributed by atoms with Crippen LogP contribution < -0.4 is 11.1 Å². The molecule has 0 radical (unpaired) electrons. The van der Waals surface area contributed by atoms with Gasteiger partial charge in [0.1, 0.15) is 16.9 Å². The van der Waals surface area contributed by atoms with Crippen LogP contribution in [-0.2, 0) is 22.6 Å². The van der Waals surface area contributed by atoms with E-state index >= 15 is 0 Å². The third-order valence-corrected chi connectivity index (χ3v) is 5.73. The topological polar surface area (TPSA) is 103 Å². The zero-order valence-electron chi connectivity index (χ0n) is 16.6. The van der Waals surface area contributed by atoms with Crippen LogP contribution >= 0.6 is 11.8 Å². The summed E-state index contributed by atoms with van der Waals surface area (Å²) in [5.74, 6) is 0.118. The van der Waals surface area contributed by atoms with Crippen LogP contribution in [0.2, 0.25) is 0 Å². The fourth-order valence-corrected chi connectivity index (χ4v) is 3.97. The van der Waals surface area contributed by atoms with E-state index < -0.39 is 11.2 Å². The maximum atomic E-state index is 13.4. The number of primary amides is 1. The molecule has 0 saturated heterocycles. The first-order valence-corrected chi connectivity index (χ1v) is 10.6. The smallest absolute Gasteiger partial charge is 0.238 e. The van der Waals surface area contributed by atoms with Crippen molar-refractivity contribution in [2.24, 2.45) is 11.7 Å². The number of aromatic nitrogens is 3. The standard InChI is InChI=1S/C20H26FN5O2S/c1-12(2)11-26-17(10-9-16(22)27)24-25-20(26)29-18(19(28)23-15-7-8-15)13-3-5-14(21)6-4-13/h3-6,12,15,18H,7-11H2,1-2H3,(H2,22,27)(H,23,28). The lowest BCUT2D eigenvalue weighted by molar-refractivity contribution is -0.121. The van der Waals surface area contributed by atoms with Gasteiger partial charge in [-0.1, -0.05) is 37.7 Å². The molecule has 2 aromatic rings. The molecule has 1 saturated carbocycles. The van der Waals surface area contributed by atoms with Gasteiger partial charge in [-0.15, -0.1) is 10.2 Å². The SMILES string of the molecule is CC(C)Cn1c(CCC(N)=O)nnc1SC(C(=O)NC1CC1)c1ccc(F)cc1. The maximum absolute atomic E-state index is 13.4. The van der Waals surface area contributed by atoms with Crippen molar-refractivity contribution in [2.75, 3.05) is 0 Å². The van der Waals surface area contributed by atoms with Crippen LogP contribution in [0.25, 0.3) is 0 Å². The van der Waals surface area contributed by atoms with Crippen LogP contribution in [0.15, 0.2) is 29.4 Å². The van der Waals surface area contributed by atoms with E-state index in [9.17, 15) is 14.0 Å². The fourth-order valence-electron chi connectivity index (χ4n) is 2.90. The number of hydrogen-bond acceptors (Lipinski definition) is 5. The Morgan fingerprint density at radius 1 is 1.28 bits per heavy atom. The molecule has 1 fully saturated rings. The van der Waals surface area contributed by atoms with Crippen molar-refractivity contribution in [3.63, 3.8) is 0 Å². The average molecular weight is 420 g/mol. The molecular formula is C20H26FN5O2S. The molecule has 0 aliphatic heterocycles. The van der Waals surface area contributed by atoms with E-state index in [2.05, 4.69) is 29.4 Å². The lowest BCUT2D eigenvalue weighted by atomic mass is 10.1. The van der Waals surface area contributed by atoms with Crippen molar-refractivity contribution in [2.45, 2.75) is 62.5 Å². The number of nitrogens with zero attached hydrogens (tertiary/aromatic N) is 3. The first kappa shape index (κ1) is 21.3. The minimum absolute atomic E-state index is 0.123. The Balaban J connectivity index is 1.87. The normalized spacial score (nSPS) is 14.8. The molecule has 7 nitrogen and oxygen atoms in total. The van der Waals surface area contributed by atoms with Gasteiger partial charge < -0.3 is 15.6 Å². The minimum atomic E-state index is -0.574. The lowest BCUT2D eigenvalue weighted by Gasteiger charge is -2.18. The first-order valence-electron chi connectivity index (χ1n) is 9.76. The van der Waals surface area contributed by atoms with E-state index in [4.69, 9.17) is 5.73 Å². The van der Waals surface area contributed by atoms with Crippen molar-refractivity contribution < 1.29 is 14.0 Å². The van der Waals surface area contributed by atoms with Gasteiger partial charge in [-0.2, -0.15) is 0 Å². The molecule has 1 aromatic carbocycles. The molecule has 3 N–H and O–H groups in total. The van der Waals surface area contributed by atoms with Gasteiger partial charge >= 0.3 is 0 Å². The Hall–Kier alpha value is -2.42. The summed E-state index contributed by atoms with van der Waals surface area (Å²) >= 11 is 1.29. The highest BCUT2D eigenvalue weighted by Crippen LogP contribution is 2.36. The fraction of sp³-hybridized carbons (Fsp3) is 0.500. The summed E-state index contributed by atoms with van der Waals surface area (Å²) in [5, 5.41) is 11.5. The Morgan fingerprint density at radius 3 is 2.55 bits per heavy atom. The van der Waals surface area contributed by atoms with Gasteiger partial charge in [0.15, 0.2) is 5.16 Å². The van der Waals surface area contributed by atoms with Crippen LogP contribution in [0.5, 0.6) is 0 Å². The summed E-state index contributed by atoms with van der Waals surface area (Å²) < 4.78 is 15.3. The molecule has 29 heavy (non-hydrogen) atoms. The van der Waals surface area contributed by atoms with Crippen molar-refractivity contribution >= 4 is 23.6 Å². The molecule has 0 bridgehead atoms. The number of aryl methyl sites for hydroxylation is 1. The Labute approximate surface area is 173 Å². The molecule has 156 valence electrons. The second-order valence-electron chi connectivity index (χ2n) is 7.70. The number of thioether (sulfide) groups is 1. The summed E-state index contributed by atoms with van der Waals surface area (Å²) in [5.41, 5.74) is 5.98. The van der Waals surface area contributed by atoms with Crippen LogP contribution in [0, 0.1) is 11.7 Å². The quantitative estimate of drug-likeness (QED) is 0.576. The third-order valence-electron chi connectivity index (χ3n) is 4.49. The van der Waals surface area contributed by atoms with E-state index in [0.717, 1.165) is 12.8 Å². The zero-order valence-corrected chi connectivity index (χ0v) is 17.4. The molecule has 1 unspecified atom stereocenters. The monoisotopic (exact) mass is 419 g/mol. The summed E-state index contributed by atoms with van der Waals surface area (Å²) in [6.45, 7) is 4.80. The minimum Gasteiger partial charge on any atom is -0.370 e. The number of halogens is 1. The van der Waals surface area contributed by atoms with Gasteiger partial charge in [-0.3, -0.25) is 9.59 Å². The number of carbonyl (C=O) groups is 2. The summed E-state index contributed by atoms with van der Waals surface area (Å²) in [6.07, 6.45) is 2.54. The van der Waals surface area contributed by atoms with Crippen molar-refractivity contribution in [3.05, 3.63) is 41.5 Å². The van der Waals surface area contributed by atoms with E-state index in [1.54, 1.807) is 12.1 Å². The van der Waals surface area contributed by atoms with E-state index in [1.807, 2.05) is 4.57 Å². The van der Waals surface area contributed by atoms with Gasteiger partial charge in [0.2, 0.25) is 11.8 Å². The van der Waals surface area contributed by atoms with Gasteiger partial charge in [0.05, 0.1) is 0 Å². The highest BCUT2D eigenvalue weighted by Gasteiger charge is 2.31. The maximum Gasteiger partial charge on any atom is 0.238 e. The van der Waals surface area contributed by atoms with Crippen LogP contribution in [-0.4, -0.2) is 32.6 Å². The number of nitrogens with one attached hydrogen (secondary N) is 1. The molecular weight excluding hydrogens is 393 g/mol. The highest BCUT2D eigenvalue weighted by atomic mass is 32.2. The van der Waals surface area contributed by atoms with Crippen molar-refractivity contribution in [1.29, 1.82) is 0 Å². The molecule has 2 amide bonds. The molecule has 1 atom stereocenters. The van der Waals surface area contributed by atoms with Crippen LogP contribution in [0.1, 0.15) is 49.7 Å². The van der Waals surface area contributed by atoms with E-state index in [1.165, 1.54) is 23.9 Å². The molecule has 1 aliphatic carbocycles. The second kappa shape index (κ2) is 9.39. The van der Waals surface area contributed by atoms with E-state index in [0.29, 0.717) is 35.4 Å². The van der Waals surface area contributed by atoms with Gasteiger partial charge in [0.25, 0.3) is 0 Å². The summed E-state index contributed by atoms with van der Waals surface area (Å²) in [7, 11) is 0. The Bertz CT molecular complexity index is 864. The Morgan fingerprint density at radius 2 is 1.97 bits per heavy atom. The van der Waals surface area contributed by atoms with Gasteiger partial charge in [0, 0.05) is 25.4 Å². The zero-order chi connectivity index (χ0) is 21.0. The van der Waals surface area contributed by atoms with E-state index in [-0.39, 0.29) is 24.2 Å². The summed E-state index contributed by atoms with van der Waals surface area (Å²) in [6, 6.07) is 6.16. The average Bonchev–Trinajstić information content (AvgIpc) is 3.39. The number of amides is 2. The predicted molar refractivity (Wildman–Crippen MR) is 109 cm³/mol. The van der Waals surface area contributed by atoms with Crippen LogP contribution in [0.4, 0.5) is 4.39 Å². The van der Waals surface area contributed by atoms with Crippen molar-refractivity contribution in [1.82, 2.24) is 20.1 Å². The molecule has 1 heterocycles. The molecule has 1 aliphatic rings.